The molecule has 2 N–H and O–H groups in total. The van der Waals surface area contributed by atoms with Crippen molar-refractivity contribution in [3.63, 3.8) is 0 Å². The van der Waals surface area contributed by atoms with E-state index in [0.717, 1.165) is 0 Å². The Morgan fingerprint density at radius 3 is 1.41 bits per heavy atom. The highest BCUT2D eigenvalue weighted by Crippen LogP contribution is 2.26. The van der Waals surface area contributed by atoms with Crippen LogP contribution in [0.3, 0.4) is 0 Å². The van der Waals surface area contributed by atoms with E-state index in [2.05, 4.69) is 21.1 Å². The molecule has 3 aromatic carbocycles. The van der Waals surface area contributed by atoms with Gasteiger partial charge in [-0.3, -0.25) is 9.59 Å². The van der Waals surface area contributed by atoms with Crippen LogP contribution in [0.2, 0.25) is 0 Å². The third kappa shape index (κ3) is 5.79. The number of nitrogens with one attached hydrogen (secondary N) is 2. The molecular formula is C24H22N4O4. The lowest BCUT2D eigenvalue weighted by Gasteiger charge is -2.10. The number of carbonyl (C=O) groups excluding carboxylic acids is 2. The number of methoxy groups -OCH3 is 2. The zero-order chi connectivity index (χ0) is 22.8. The molecule has 0 saturated carbocycles. The summed E-state index contributed by atoms with van der Waals surface area (Å²) in [7, 11) is 3.03. The second-order valence-electron chi connectivity index (χ2n) is 6.47. The molecule has 32 heavy (non-hydrogen) atoms. The molecule has 0 fully saturated rings. The van der Waals surface area contributed by atoms with Crippen LogP contribution in [-0.4, -0.2) is 38.5 Å². The van der Waals surface area contributed by atoms with E-state index in [1.807, 2.05) is 12.1 Å². The van der Waals surface area contributed by atoms with Crippen molar-refractivity contribution in [3.05, 3.63) is 95.1 Å². The maximum absolute atomic E-state index is 12.1. The van der Waals surface area contributed by atoms with E-state index < -0.39 is 0 Å². The molecular weight excluding hydrogens is 408 g/mol. The lowest BCUT2D eigenvalue weighted by molar-refractivity contribution is 0.0947. The molecule has 3 aromatic rings. The average Bonchev–Trinajstić information content (AvgIpc) is 2.85. The molecule has 0 saturated heterocycles. The fraction of sp³-hybridized carbons (Fsp3) is 0.0833. The van der Waals surface area contributed by atoms with E-state index in [9.17, 15) is 9.59 Å². The van der Waals surface area contributed by atoms with Crippen molar-refractivity contribution in [2.24, 2.45) is 10.2 Å². The first-order valence-electron chi connectivity index (χ1n) is 9.65. The van der Waals surface area contributed by atoms with E-state index in [1.54, 1.807) is 60.7 Å². The first-order chi connectivity index (χ1) is 15.6. The van der Waals surface area contributed by atoms with Crippen LogP contribution < -0.4 is 20.3 Å². The van der Waals surface area contributed by atoms with Gasteiger partial charge in [-0.2, -0.15) is 10.2 Å². The summed E-state index contributed by atoms with van der Waals surface area (Å²) in [5.41, 5.74) is 7.12. The quantitative estimate of drug-likeness (QED) is 0.423. The molecule has 8 nitrogen and oxygen atoms in total. The van der Waals surface area contributed by atoms with Crippen molar-refractivity contribution >= 4 is 24.2 Å². The van der Waals surface area contributed by atoms with Gasteiger partial charge in [-0.05, 0) is 36.4 Å². The van der Waals surface area contributed by atoms with Crippen LogP contribution in [0.5, 0.6) is 11.5 Å². The Kier molecular flexibility index (Phi) is 7.69. The van der Waals surface area contributed by atoms with Crippen LogP contribution in [0, 0.1) is 0 Å². The number of carbonyl (C=O) groups is 2. The first-order valence-corrected chi connectivity index (χ1v) is 9.65. The zero-order valence-corrected chi connectivity index (χ0v) is 17.6. The predicted octanol–water partition coefficient (Wildman–Crippen LogP) is 3.23. The predicted molar refractivity (Wildman–Crippen MR) is 123 cm³/mol. The summed E-state index contributed by atoms with van der Waals surface area (Å²) in [4.78, 5) is 24.2. The van der Waals surface area contributed by atoms with E-state index in [-0.39, 0.29) is 11.8 Å². The van der Waals surface area contributed by atoms with Crippen LogP contribution in [0.25, 0.3) is 0 Å². The molecule has 0 unspecified atom stereocenters. The minimum absolute atomic E-state index is 0.328. The molecule has 162 valence electrons. The van der Waals surface area contributed by atoms with E-state index in [1.165, 1.54) is 26.6 Å². The number of rotatable bonds is 8. The summed E-state index contributed by atoms with van der Waals surface area (Å²) in [6, 6.07) is 20.9. The van der Waals surface area contributed by atoms with Gasteiger partial charge < -0.3 is 9.47 Å². The van der Waals surface area contributed by atoms with Gasteiger partial charge in [0.2, 0.25) is 0 Å². The summed E-state index contributed by atoms with van der Waals surface area (Å²) in [6.07, 6.45) is 2.92. The Balaban J connectivity index is 1.72. The lowest BCUT2D eigenvalue weighted by Crippen LogP contribution is -2.17. The van der Waals surface area contributed by atoms with Crippen molar-refractivity contribution in [2.75, 3.05) is 14.2 Å². The summed E-state index contributed by atoms with van der Waals surface area (Å²) >= 11 is 0. The largest absolute Gasteiger partial charge is 0.496 e. The van der Waals surface area contributed by atoms with Crippen molar-refractivity contribution in [2.45, 2.75) is 0 Å². The molecule has 8 heteroatoms. The molecule has 0 spiro atoms. The average molecular weight is 430 g/mol. The van der Waals surface area contributed by atoms with Gasteiger partial charge in [-0.15, -0.1) is 0 Å². The van der Waals surface area contributed by atoms with E-state index in [0.29, 0.717) is 33.8 Å². The Morgan fingerprint density at radius 1 is 0.688 bits per heavy atom. The fourth-order valence-electron chi connectivity index (χ4n) is 2.78. The second-order valence-corrected chi connectivity index (χ2v) is 6.47. The number of benzene rings is 3. The zero-order valence-electron chi connectivity index (χ0n) is 17.6. The van der Waals surface area contributed by atoms with Crippen LogP contribution in [0.4, 0.5) is 0 Å². The summed E-state index contributed by atoms with van der Waals surface area (Å²) in [6.45, 7) is 0. The van der Waals surface area contributed by atoms with Crippen LogP contribution in [0.15, 0.2) is 83.0 Å². The highest BCUT2D eigenvalue weighted by molar-refractivity contribution is 5.96. The molecule has 0 heterocycles. The van der Waals surface area contributed by atoms with Crippen molar-refractivity contribution in [1.82, 2.24) is 10.9 Å². The Labute approximate surface area is 185 Å². The molecule has 2 amide bonds. The van der Waals surface area contributed by atoms with Crippen molar-refractivity contribution < 1.29 is 19.1 Å². The third-order valence-electron chi connectivity index (χ3n) is 4.39. The second kappa shape index (κ2) is 11.1. The summed E-state index contributed by atoms with van der Waals surface area (Å²) in [5.74, 6) is 0.315. The molecule has 0 radical (unpaired) electrons. The molecule has 0 aliphatic carbocycles. The molecule has 0 aliphatic heterocycles. The van der Waals surface area contributed by atoms with Gasteiger partial charge in [0.25, 0.3) is 11.8 Å². The van der Waals surface area contributed by atoms with Crippen LogP contribution >= 0.6 is 0 Å². The maximum atomic E-state index is 12.1. The monoisotopic (exact) mass is 430 g/mol. The standard InChI is InChI=1S/C24H22N4O4/c1-31-21-13-20(16-26-28-24(30)18-11-7-4-8-12-18)22(32-2)14-19(21)15-25-27-23(29)17-9-5-3-6-10-17/h3-16H,1-2H3,(H,27,29)(H,28,30)/b25-15-,26-16-. The summed E-state index contributed by atoms with van der Waals surface area (Å²) in [5, 5.41) is 8.00. The minimum atomic E-state index is -0.328. The first kappa shape index (κ1) is 22.2. The van der Waals surface area contributed by atoms with Crippen molar-refractivity contribution in [1.29, 1.82) is 0 Å². The Hall–Kier alpha value is -4.46. The van der Waals surface area contributed by atoms with Crippen molar-refractivity contribution in [3.8, 4) is 11.5 Å². The Bertz CT molecular complexity index is 1040. The smallest absolute Gasteiger partial charge is 0.271 e. The number of nitrogens with zero attached hydrogens (tertiary/aromatic N) is 2. The number of ether oxygens (including phenoxy) is 2. The lowest BCUT2D eigenvalue weighted by atomic mass is 10.1. The molecule has 3 rings (SSSR count). The number of hydrazone groups is 2. The van der Waals surface area contributed by atoms with Gasteiger partial charge in [0.15, 0.2) is 0 Å². The molecule has 0 aliphatic rings. The van der Waals surface area contributed by atoms with E-state index in [4.69, 9.17) is 9.47 Å². The van der Waals surface area contributed by atoms with Gasteiger partial charge >= 0.3 is 0 Å². The maximum Gasteiger partial charge on any atom is 0.271 e. The highest BCUT2D eigenvalue weighted by Gasteiger charge is 2.10. The molecule has 0 aromatic heterocycles. The minimum Gasteiger partial charge on any atom is -0.496 e. The summed E-state index contributed by atoms with van der Waals surface area (Å²) < 4.78 is 10.8. The number of amides is 2. The topological polar surface area (TPSA) is 101 Å². The van der Waals surface area contributed by atoms with Gasteiger partial charge in [-0.25, -0.2) is 10.9 Å². The van der Waals surface area contributed by atoms with Crippen LogP contribution in [-0.2, 0) is 0 Å². The van der Waals surface area contributed by atoms with Gasteiger partial charge in [0, 0.05) is 22.3 Å². The SMILES string of the molecule is COc1cc(/C=N\NC(=O)c2ccccc2)c(OC)cc1/C=N\NC(=O)c1ccccc1. The molecule has 0 atom stereocenters. The van der Waals surface area contributed by atoms with Gasteiger partial charge in [-0.1, -0.05) is 36.4 Å². The fourth-order valence-corrected chi connectivity index (χ4v) is 2.78. The van der Waals surface area contributed by atoms with Crippen LogP contribution in [0.1, 0.15) is 31.8 Å². The van der Waals surface area contributed by atoms with Gasteiger partial charge in [0.1, 0.15) is 11.5 Å². The normalized spacial score (nSPS) is 10.8. The number of hydrogen-bond acceptors (Lipinski definition) is 6. The Morgan fingerprint density at radius 2 is 1.06 bits per heavy atom. The molecule has 0 bridgehead atoms. The third-order valence-corrected chi connectivity index (χ3v) is 4.39. The number of hydrogen-bond donors (Lipinski definition) is 2. The van der Waals surface area contributed by atoms with E-state index >= 15 is 0 Å². The highest BCUT2D eigenvalue weighted by atomic mass is 16.5. The van der Waals surface area contributed by atoms with Gasteiger partial charge in [0.05, 0.1) is 26.6 Å².